The van der Waals surface area contributed by atoms with Crippen LogP contribution in [-0.2, 0) is 11.3 Å². The highest BCUT2D eigenvalue weighted by atomic mass is 16.5. The molecule has 2 atom stereocenters. The van der Waals surface area contributed by atoms with E-state index >= 15 is 0 Å². The van der Waals surface area contributed by atoms with Crippen molar-refractivity contribution in [1.29, 1.82) is 0 Å². The van der Waals surface area contributed by atoms with E-state index in [-0.39, 0.29) is 0 Å². The summed E-state index contributed by atoms with van der Waals surface area (Å²) in [7, 11) is 0. The van der Waals surface area contributed by atoms with Gasteiger partial charge in [0.2, 0.25) is 0 Å². The van der Waals surface area contributed by atoms with Crippen LogP contribution in [0.1, 0.15) is 32.3 Å². The van der Waals surface area contributed by atoms with Crippen molar-refractivity contribution >= 4 is 0 Å². The van der Waals surface area contributed by atoms with Crippen molar-refractivity contribution in [2.75, 3.05) is 6.61 Å². The highest BCUT2D eigenvalue weighted by molar-refractivity contribution is 5.13. The standard InChI is InChI=1S/C16H22O/c1-4-8-14(2)11-15(3)12-17-13-16-9-6-5-7-10-16/h1,5-7,9-10,14-15H,8,11-13H2,2-3H3/t14-,15+/m1/s1. The van der Waals surface area contributed by atoms with Crippen molar-refractivity contribution in [1.82, 2.24) is 0 Å². The Kier molecular flexibility index (Phi) is 6.43. The van der Waals surface area contributed by atoms with Gasteiger partial charge in [0.15, 0.2) is 0 Å². The van der Waals surface area contributed by atoms with E-state index in [2.05, 4.69) is 31.9 Å². The van der Waals surface area contributed by atoms with Gasteiger partial charge in [-0.1, -0.05) is 44.2 Å². The lowest BCUT2D eigenvalue weighted by molar-refractivity contribution is 0.0850. The first-order valence-corrected chi connectivity index (χ1v) is 6.27. The maximum Gasteiger partial charge on any atom is 0.0717 e. The molecule has 0 unspecified atom stereocenters. The maximum absolute atomic E-state index is 5.71. The van der Waals surface area contributed by atoms with Gasteiger partial charge in [0, 0.05) is 13.0 Å². The van der Waals surface area contributed by atoms with E-state index in [1.54, 1.807) is 0 Å². The van der Waals surface area contributed by atoms with E-state index in [0.29, 0.717) is 18.4 Å². The van der Waals surface area contributed by atoms with Crippen LogP contribution >= 0.6 is 0 Å². The average molecular weight is 230 g/mol. The minimum Gasteiger partial charge on any atom is -0.376 e. The molecule has 17 heavy (non-hydrogen) atoms. The summed E-state index contributed by atoms with van der Waals surface area (Å²) in [6.45, 7) is 5.93. The normalized spacial score (nSPS) is 13.9. The number of hydrogen-bond acceptors (Lipinski definition) is 1. The Morgan fingerprint density at radius 2 is 1.88 bits per heavy atom. The second-order valence-electron chi connectivity index (χ2n) is 4.86. The molecule has 0 aliphatic carbocycles. The molecular formula is C16H22O. The molecule has 1 aromatic rings. The van der Waals surface area contributed by atoms with Gasteiger partial charge in [-0.15, -0.1) is 12.3 Å². The van der Waals surface area contributed by atoms with E-state index in [1.807, 2.05) is 18.2 Å². The van der Waals surface area contributed by atoms with Crippen LogP contribution in [0.15, 0.2) is 30.3 Å². The number of hydrogen-bond donors (Lipinski definition) is 0. The molecule has 0 heterocycles. The van der Waals surface area contributed by atoms with Crippen LogP contribution in [0, 0.1) is 24.2 Å². The van der Waals surface area contributed by atoms with Crippen molar-refractivity contribution < 1.29 is 4.74 Å². The lowest BCUT2D eigenvalue weighted by Crippen LogP contribution is -2.10. The van der Waals surface area contributed by atoms with E-state index in [1.165, 1.54) is 5.56 Å². The first-order chi connectivity index (χ1) is 8.22. The van der Waals surface area contributed by atoms with Crippen LogP contribution in [0.3, 0.4) is 0 Å². The van der Waals surface area contributed by atoms with E-state index in [0.717, 1.165) is 19.4 Å². The van der Waals surface area contributed by atoms with Gasteiger partial charge in [-0.2, -0.15) is 0 Å². The molecule has 92 valence electrons. The topological polar surface area (TPSA) is 9.23 Å². The molecular weight excluding hydrogens is 208 g/mol. The Hall–Kier alpha value is -1.26. The molecule has 1 nitrogen and oxygen atoms in total. The summed E-state index contributed by atoms with van der Waals surface area (Å²) < 4.78 is 5.71. The molecule has 0 saturated heterocycles. The number of ether oxygens (including phenoxy) is 1. The quantitative estimate of drug-likeness (QED) is 0.646. The van der Waals surface area contributed by atoms with E-state index in [4.69, 9.17) is 11.2 Å². The van der Waals surface area contributed by atoms with Crippen molar-refractivity contribution in [2.24, 2.45) is 11.8 Å². The largest absolute Gasteiger partial charge is 0.376 e. The minimum atomic E-state index is 0.571. The molecule has 0 bridgehead atoms. The van der Waals surface area contributed by atoms with Gasteiger partial charge in [-0.05, 0) is 23.8 Å². The minimum absolute atomic E-state index is 0.571. The second kappa shape index (κ2) is 7.92. The summed E-state index contributed by atoms with van der Waals surface area (Å²) in [5.41, 5.74) is 1.23. The molecule has 1 aromatic carbocycles. The summed E-state index contributed by atoms with van der Waals surface area (Å²) in [6, 6.07) is 10.3. The fraction of sp³-hybridized carbons (Fsp3) is 0.500. The number of rotatable bonds is 7. The molecule has 0 aliphatic heterocycles. The third kappa shape index (κ3) is 6.14. The zero-order valence-electron chi connectivity index (χ0n) is 10.9. The van der Waals surface area contributed by atoms with Crippen molar-refractivity contribution in [2.45, 2.75) is 33.3 Å². The third-order valence-corrected chi connectivity index (χ3v) is 2.78. The summed E-state index contributed by atoms with van der Waals surface area (Å²) in [4.78, 5) is 0. The van der Waals surface area contributed by atoms with Gasteiger partial charge in [0.1, 0.15) is 0 Å². The fourth-order valence-corrected chi connectivity index (χ4v) is 1.99. The van der Waals surface area contributed by atoms with Crippen LogP contribution in [0.5, 0.6) is 0 Å². The van der Waals surface area contributed by atoms with Crippen molar-refractivity contribution in [3.8, 4) is 12.3 Å². The van der Waals surface area contributed by atoms with Gasteiger partial charge in [-0.3, -0.25) is 0 Å². The fourth-order valence-electron chi connectivity index (χ4n) is 1.99. The molecule has 1 heteroatoms. The monoisotopic (exact) mass is 230 g/mol. The SMILES string of the molecule is C#CC[C@@H](C)C[C@H](C)COCc1ccccc1. The molecule has 0 aliphatic rings. The average Bonchev–Trinajstić information content (AvgIpc) is 2.30. The number of terminal acetylenes is 1. The van der Waals surface area contributed by atoms with Crippen molar-refractivity contribution in [3.63, 3.8) is 0 Å². The molecule has 1 rings (SSSR count). The number of benzene rings is 1. The van der Waals surface area contributed by atoms with Crippen LogP contribution in [-0.4, -0.2) is 6.61 Å². The zero-order valence-corrected chi connectivity index (χ0v) is 10.9. The lowest BCUT2D eigenvalue weighted by atomic mass is 9.96. The molecule has 0 fully saturated rings. The smallest absolute Gasteiger partial charge is 0.0717 e. The van der Waals surface area contributed by atoms with Gasteiger partial charge >= 0.3 is 0 Å². The summed E-state index contributed by atoms with van der Waals surface area (Å²) in [6.07, 6.45) is 7.30. The van der Waals surface area contributed by atoms with Crippen LogP contribution in [0.4, 0.5) is 0 Å². The lowest BCUT2D eigenvalue weighted by Gasteiger charge is -2.15. The van der Waals surface area contributed by atoms with E-state index < -0.39 is 0 Å². The molecule has 0 radical (unpaired) electrons. The summed E-state index contributed by atoms with van der Waals surface area (Å²) >= 11 is 0. The van der Waals surface area contributed by atoms with Gasteiger partial charge in [0.05, 0.1) is 6.61 Å². The van der Waals surface area contributed by atoms with Crippen LogP contribution < -0.4 is 0 Å². The Morgan fingerprint density at radius 3 is 2.53 bits per heavy atom. The predicted octanol–water partition coefficient (Wildman–Crippen LogP) is 3.89. The predicted molar refractivity (Wildman–Crippen MR) is 72.5 cm³/mol. The Balaban J connectivity index is 2.16. The van der Waals surface area contributed by atoms with Gasteiger partial charge < -0.3 is 4.74 Å². The molecule has 0 aromatic heterocycles. The Morgan fingerprint density at radius 1 is 1.18 bits per heavy atom. The first-order valence-electron chi connectivity index (χ1n) is 6.27. The Labute approximate surface area is 105 Å². The summed E-state index contributed by atoms with van der Waals surface area (Å²) in [5, 5.41) is 0. The maximum atomic E-state index is 5.71. The van der Waals surface area contributed by atoms with Gasteiger partial charge in [-0.25, -0.2) is 0 Å². The second-order valence-corrected chi connectivity index (χ2v) is 4.86. The summed E-state index contributed by atoms with van der Waals surface area (Å²) in [5.74, 6) is 3.88. The first kappa shape index (κ1) is 13.8. The third-order valence-electron chi connectivity index (χ3n) is 2.78. The van der Waals surface area contributed by atoms with Crippen molar-refractivity contribution in [3.05, 3.63) is 35.9 Å². The molecule has 0 spiro atoms. The Bertz CT molecular complexity index is 336. The molecule has 0 saturated carbocycles. The van der Waals surface area contributed by atoms with E-state index in [9.17, 15) is 0 Å². The molecule has 0 amide bonds. The highest BCUT2D eigenvalue weighted by Gasteiger charge is 2.08. The zero-order chi connectivity index (χ0) is 12.5. The molecule has 0 N–H and O–H groups in total. The highest BCUT2D eigenvalue weighted by Crippen LogP contribution is 2.15. The van der Waals surface area contributed by atoms with Gasteiger partial charge in [0.25, 0.3) is 0 Å². The van der Waals surface area contributed by atoms with Crippen LogP contribution in [0.25, 0.3) is 0 Å². The van der Waals surface area contributed by atoms with Crippen LogP contribution in [0.2, 0.25) is 0 Å².